The van der Waals surface area contributed by atoms with Crippen LogP contribution in [0, 0.1) is 5.82 Å². The van der Waals surface area contributed by atoms with Gasteiger partial charge in [0, 0.05) is 50.9 Å². The van der Waals surface area contributed by atoms with Crippen LogP contribution in [0.15, 0.2) is 34.4 Å². The van der Waals surface area contributed by atoms with Crippen molar-refractivity contribution in [2.75, 3.05) is 43.9 Å². The summed E-state index contributed by atoms with van der Waals surface area (Å²) in [5.74, 6) is 1.49. The molecule has 0 radical (unpaired) electrons. The topological polar surface area (TPSA) is 75.6 Å². The number of nitrogens with zero attached hydrogens (tertiary/aromatic N) is 6. The summed E-state index contributed by atoms with van der Waals surface area (Å²) in [7, 11) is 0. The van der Waals surface area contributed by atoms with Crippen LogP contribution >= 0.6 is 11.8 Å². The molecule has 1 aromatic heterocycles. The van der Waals surface area contributed by atoms with Crippen molar-refractivity contribution in [1.29, 1.82) is 0 Å². The summed E-state index contributed by atoms with van der Waals surface area (Å²) in [6.45, 7) is 4.03. The van der Waals surface area contributed by atoms with Gasteiger partial charge in [0.2, 0.25) is 0 Å². The number of guanidine groups is 1. The SMILES string of the molecule is CSc1nnc(CCCN=C(N)N2CCN(c3ccc(F)cc3)CC2)n1C1CCCC1. The van der Waals surface area contributed by atoms with Gasteiger partial charge in [-0.1, -0.05) is 24.6 Å². The molecule has 7 nitrogen and oxygen atoms in total. The Labute approximate surface area is 187 Å². The van der Waals surface area contributed by atoms with E-state index in [0.717, 1.165) is 55.7 Å². The molecule has 2 N–H and O–H groups in total. The number of anilines is 1. The second kappa shape index (κ2) is 10.3. The van der Waals surface area contributed by atoms with Crippen molar-refractivity contribution >= 4 is 23.4 Å². The van der Waals surface area contributed by atoms with Crippen molar-refractivity contribution in [2.45, 2.75) is 49.7 Å². The fourth-order valence-corrected chi connectivity index (χ4v) is 5.10. The second-order valence-corrected chi connectivity index (χ2v) is 8.98. The average Bonchev–Trinajstić information content (AvgIpc) is 3.46. The smallest absolute Gasteiger partial charge is 0.191 e. The molecule has 0 atom stereocenters. The Balaban J connectivity index is 1.25. The molecule has 0 bridgehead atoms. The molecule has 0 spiro atoms. The maximum Gasteiger partial charge on any atom is 0.191 e. The zero-order valence-corrected chi connectivity index (χ0v) is 19.0. The third-order valence-electron chi connectivity index (χ3n) is 6.24. The van der Waals surface area contributed by atoms with Gasteiger partial charge in [-0.3, -0.25) is 4.99 Å². The zero-order valence-electron chi connectivity index (χ0n) is 18.2. The maximum atomic E-state index is 13.1. The van der Waals surface area contributed by atoms with Gasteiger partial charge in [-0.25, -0.2) is 4.39 Å². The number of aryl methyl sites for hydroxylation is 1. The quantitative estimate of drug-likeness (QED) is 0.305. The fourth-order valence-electron chi connectivity index (χ4n) is 4.52. The molecule has 4 rings (SSSR count). The van der Waals surface area contributed by atoms with E-state index in [1.807, 2.05) is 12.1 Å². The third kappa shape index (κ3) is 5.31. The molecule has 1 saturated carbocycles. The monoisotopic (exact) mass is 445 g/mol. The number of nitrogens with two attached hydrogens (primary N) is 1. The van der Waals surface area contributed by atoms with Gasteiger partial charge in [0.05, 0.1) is 0 Å². The van der Waals surface area contributed by atoms with E-state index in [1.165, 1.54) is 37.8 Å². The van der Waals surface area contributed by atoms with Crippen LogP contribution in [0.3, 0.4) is 0 Å². The van der Waals surface area contributed by atoms with E-state index in [1.54, 1.807) is 11.8 Å². The predicted octanol–water partition coefficient (Wildman–Crippen LogP) is 3.32. The molecule has 1 aromatic carbocycles. The van der Waals surface area contributed by atoms with E-state index in [2.05, 4.69) is 35.8 Å². The van der Waals surface area contributed by atoms with Crippen LogP contribution in [0.5, 0.6) is 0 Å². The van der Waals surface area contributed by atoms with Gasteiger partial charge in [0.15, 0.2) is 11.1 Å². The molecule has 0 unspecified atom stereocenters. The molecule has 1 aliphatic carbocycles. The first-order valence-corrected chi connectivity index (χ1v) is 12.4. The molecule has 2 aromatic rings. The predicted molar refractivity (Wildman–Crippen MR) is 124 cm³/mol. The Kier molecular flexibility index (Phi) is 7.32. The van der Waals surface area contributed by atoms with Crippen molar-refractivity contribution in [3.63, 3.8) is 0 Å². The van der Waals surface area contributed by atoms with E-state index in [9.17, 15) is 4.39 Å². The lowest BCUT2D eigenvalue weighted by molar-refractivity contribution is 0.380. The summed E-state index contributed by atoms with van der Waals surface area (Å²) in [5, 5.41) is 9.87. The fraction of sp³-hybridized carbons (Fsp3) is 0.591. The Hall–Kier alpha value is -2.29. The van der Waals surface area contributed by atoms with E-state index >= 15 is 0 Å². The number of hydrogen-bond donors (Lipinski definition) is 1. The number of piperazine rings is 1. The van der Waals surface area contributed by atoms with Gasteiger partial charge in [0.25, 0.3) is 0 Å². The van der Waals surface area contributed by atoms with Crippen LogP contribution in [-0.4, -0.2) is 64.6 Å². The number of halogens is 1. The van der Waals surface area contributed by atoms with Crippen LogP contribution in [0.25, 0.3) is 0 Å². The molecule has 9 heteroatoms. The lowest BCUT2D eigenvalue weighted by Crippen LogP contribution is -2.51. The van der Waals surface area contributed by atoms with Gasteiger partial charge >= 0.3 is 0 Å². The minimum Gasteiger partial charge on any atom is -0.370 e. The molecule has 1 saturated heterocycles. The zero-order chi connectivity index (χ0) is 21.6. The highest BCUT2D eigenvalue weighted by Gasteiger charge is 2.23. The summed E-state index contributed by atoms with van der Waals surface area (Å²) < 4.78 is 15.5. The first-order valence-electron chi connectivity index (χ1n) is 11.2. The molecule has 2 aliphatic rings. The number of rotatable bonds is 7. The Morgan fingerprint density at radius 1 is 1.13 bits per heavy atom. The first kappa shape index (κ1) is 21.9. The van der Waals surface area contributed by atoms with E-state index in [0.29, 0.717) is 18.5 Å². The molecule has 0 amide bonds. The molecule has 2 heterocycles. The molecule has 168 valence electrons. The van der Waals surface area contributed by atoms with Crippen molar-refractivity contribution < 1.29 is 4.39 Å². The van der Waals surface area contributed by atoms with E-state index in [4.69, 9.17) is 5.73 Å². The minimum absolute atomic E-state index is 0.204. The van der Waals surface area contributed by atoms with Gasteiger partial charge in [-0.2, -0.15) is 0 Å². The minimum atomic E-state index is -0.204. The number of hydrogen-bond acceptors (Lipinski definition) is 5. The summed E-state index contributed by atoms with van der Waals surface area (Å²) in [5.41, 5.74) is 7.31. The number of aromatic nitrogens is 3. The van der Waals surface area contributed by atoms with Crippen LogP contribution < -0.4 is 10.6 Å². The Morgan fingerprint density at radius 2 is 1.84 bits per heavy atom. The van der Waals surface area contributed by atoms with Crippen LogP contribution in [-0.2, 0) is 6.42 Å². The number of thioether (sulfide) groups is 1. The molecule has 1 aliphatic heterocycles. The number of benzene rings is 1. The largest absolute Gasteiger partial charge is 0.370 e. The van der Waals surface area contributed by atoms with Crippen molar-refractivity contribution in [1.82, 2.24) is 19.7 Å². The van der Waals surface area contributed by atoms with E-state index < -0.39 is 0 Å². The summed E-state index contributed by atoms with van der Waals surface area (Å²) in [6.07, 6.45) is 8.91. The standard InChI is InChI=1S/C22H32FN7S/c1-31-22-27-26-20(30(22)19-5-2-3-6-19)7-4-12-25-21(24)29-15-13-28(14-16-29)18-10-8-17(23)9-11-18/h8-11,19H,2-7,12-16H2,1H3,(H2,24,25). The maximum absolute atomic E-state index is 13.1. The summed E-state index contributed by atoms with van der Waals surface area (Å²) in [4.78, 5) is 9.00. The van der Waals surface area contributed by atoms with Crippen LogP contribution in [0.1, 0.15) is 44.0 Å². The normalized spacial score (nSPS) is 18.2. The lowest BCUT2D eigenvalue weighted by Gasteiger charge is -2.36. The molecular formula is C22H32FN7S. The van der Waals surface area contributed by atoms with Gasteiger partial charge in [0.1, 0.15) is 11.6 Å². The van der Waals surface area contributed by atoms with Crippen LogP contribution in [0.2, 0.25) is 0 Å². The number of aliphatic imine (C=N–C) groups is 1. The lowest BCUT2D eigenvalue weighted by atomic mass is 10.2. The third-order valence-corrected chi connectivity index (χ3v) is 6.88. The van der Waals surface area contributed by atoms with Gasteiger partial charge in [-0.05, 0) is 49.8 Å². The highest BCUT2D eigenvalue weighted by atomic mass is 32.2. The Morgan fingerprint density at radius 3 is 2.52 bits per heavy atom. The Bertz CT molecular complexity index is 868. The molecular weight excluding hydrogens is 413 g/mol. The molecule has 2 fully saturated rings. The second-order valence-electron chi connectivity index (χ2n) is 8.21. The molecule has 31 heavy (non-hydrogen) atoms. The van der Waals surface area contributed by atoms with Crippen molar-refractivity contribution in [3.05, 3.63) is 35.9 Å². The average molecular weight is 446 g/mol. The highest BCUT2D eigenvalue weighted by molar-refractivity contribution is 7.98. The van der Waals surface area contributed by atoms with Crippen molar-refractivity contribution in [3.8, 4) is 0 Å². The highest BCUT2D eigenvalue weighted by Crippen LogP contribution is 2.33. The summed E-state index contributed by atoms with van der Waals surface area (Å²) >= 11 is 1.68. The first-order chi connectivity index (χ1) is 15.2. The van der Waals surface area contributed by atoms with Crippen LogP contribution in [0.4, 0.5) is 10.1 Å². The van der Waals surface area contributed by atoms with Gasteiger partial charge in [-0.15, -0.1) is 10.2 Å². The summed E-state index contributed by atoms with van der Waals surface area (Å²) in [6, 6.07) is 7.23. The van der Waals surface area contributed by atoms with Crippen molar-refractivity contribution in [2.24, 2.45) is 10.7 Å². The van der Waals surface area contributed by atoms with E-state index in [-0.39, 0.29) is 5.82 Å². The van der Waals surface area contributed by atoms with Gasteiger partial charge < -0.3 is 20.1 Å².